The standard InChI is InChI=1S/C16H27N3O/c1-16(13-17,14-20-2)19-10-8-18(9-11-19)12-15-6-4-3-5-7-15/h3-7H,8-14,17H2,1-2H3. The molecule has 4 heteroatoms. The van der Waals surface area contributed by atoms with Crippen LogP contribution < -0.4 is 5.73 Å². The normalized spacial score (nSPS) is 20.8. The third kappa shape index (κ3) is 3.79. The number of methoxy groups -OCH3 is 1. The van der Waals surface area contributed by atoms with Gasteiger partial charge in [0.2, 0.25) is 0 Å². The molecular formula is C16H27N3O. The minimum atomic E-state index is -0.0341. The summed E-state index contributed by atoms with van der Waals surface area (Å²) >= 11 is 0. The predicted molar refractivity (Wildman–Crippen MR) is 82.6 cm³/mol. The highest BCUT2D eigenvalue weighted by molar-refractivity contribution is 5.14. The first-order valence-electron chi connectivity index (χ1n) is 7.38. The van der Waals surface area contributed by atoms with Gasteiger partial charge >= 0.3 is 0 Å². The van der Waals surface area contributed by atoms with Gasteiger partial charge in [0.05, 0.1) is 12.1 Å². The van der Waals surface area contributed by atoms with Crippen LogP contribution in [0.4, 0.5) is 0 Å². The molecule has 1 atom stereocenters. The zero-order chi connectivity index (χ0) is 14.4. The number of nitrogens with zero attached hydrogens (tertiary/aromatic N) is 2. The molecule has 1 unspecified atom stereocenters. The molecule has 2 N–H and O–H groups in total. The van der Waals surface area contributed by atoms with Crippen LogP contribution in [0.1, 0.15) is 12.5 Å². The Morgan fingerprint density at radius 3 is 2.35 bits per heavy atom. The summed E-state index contributed by atoms with van der Waals surface area (Å²) in [4.78, 5) is 4.98. The molecular weight excluding hydrogens is 250 g/mol. The molecule has 1 heterocycles. The van der Waals surface area contributed by atoms with Gasteiger partial charge < -0.3 is 10.5 Å². The van der Waals surface area contributed by atoms with Gasteiger partial charge in [-0.25, -0.2) is 0 Å². The van der Waals surface area contributed by atoms with Crippen molar-refractivity contribution >= 4 is 0 Å². The Labute approximate surface area is 122 Å². The van der Waals surface area contributed by atoms with Crippen molar-refractivity contribution in [2.75, 3.05) is 46.4 Å². The monoisotopic (exact) mass is 277 g/mol. The Kier molecular flexibility index (Phi) is 5.54. The van der Waals surface area contributed by atoms with Crippen molar-refractivity contribution in [3.8, 4) is 0 Å². The van der Waals surface area contributed by atoms with Crippen molar-refractivity contribution in [1.82, 2.24) is 9.80 Å². The van der Waals surface area contributed by atoms with Gasteiger partial charge in [-0.3, -0.25) is 9.80 Å². The quantitative estimate of drug-likeness (QED) is 0.847. The number of benzene rings is 1. The van der Waals surface area contributed by atoms with E-state index >= 15 is 0 Å². The maximum Gasteiger partial charge on any atom is 0.0656 e. The molecule has 0 radical (unpaired) electrons. The van der Waals surface area contributed by atoms with Crippen LogP contribution in [0.2, 0.25) is 0 Å². The van der Waals surface area contributed by atoms with Crippen LogP contribution in [-0.4, -0.2) is 61.8 Å². The summed E-state index contributed by atoms with van der Waals surface area (Å²) in [7, 11) is 1.75. The van der Waals surface area contributed by atoms with Gasteiger partial charge in [-0.1, -0.05) is 30.3 Å². The highest BCUT2D eigenvalue weighted by Gasteiger charge is 2.32. The second-order valence-electron chi connectivity index (χ2n) is 5.88. The second-order valence-corrected chi connectivity index (χ2v) is 5.88. The summed E-state index contributed by atoms with van der Waals surface area (Å²) in [5.74, 6) is 0. The fourth-order valence-electron chi connectivity index (χ4n) is 2.88. The number of hydrogen-bond donors (Lipinski definition) is 1. The van der Waals surface area contributed by atoms with E-state index in [1.54, 1.807) is 7.11 Å². The summed E-state index contributed by atoms with van der Waals surface area (Å²) in [5, 5.41) is 0. The number of hydrogen-bond acceptors (Lipinski definition) is 4. The third-order valence-corrected chi connectivity index (χ3v) is 4.28. The van der Waals surface area contributed by atoms with Crippen LogP contribution >= 0.6 is 0 Å². The Balaban J connectivity index is 1.86. The Morgan fingerprint density at radius 1 is 1.15 bits per heavy atom. The molecule has 2 rings (SSSR count). The van der Waals surface area contributed by atoms with Crippen LogP contribution in [0.25, 0.3) is 0 Å². The van der Waals surface area contributed by atoms with E-state index in [-0.39, 0.29) is 5.54 Å². The molecule has 1 fully saturated rings. The predicted octanol–water partition coefficient (Wildman–Crippen LogP) is 1.17. The molecule has 20 heavy (non-hydrogen) atoms. The highest BCUT2D eigenvalue weighted by atomic mass is 16.5. The molecule has 1 aliphatic rings. The van der Waals surface area contributed by atoms with E-state index in [0.717, 1.165) is 32.7 Å². The molecule has 0 spiro atoms. The molecule has 0 bridgehead atoms. The molecule has 0 amide bonds. The van der Waals surface area contributed by atoms with Gasteiger partial charge in [-0.2, -0.15) is 0 Å². The van der Waals surface area contributed by atoms with Gasteiger partial charge in [0, 0.05) is 46.4 Å². The van der Waals surface area contributed by atoms with Crippen molar-refractivity contribution in [3.63, 3.8) is 0 Å². The fourth-order valence-corrected chi connectivity index (χ4v) is 2.88. The second kappa shape index (κ2) is 7.18. The average molecular weight is 277 g/mol. The molecule has 1 aromatic carbocycles. The maximum atomic E-state index is 5.95. The number of piperazine rings is 1. The van der Waals surface area contributed by atoms with E-state index in [4.69, 9.17) is 10.5 Å². The lowest BCUT2D eigenvalue weighted by Crippen LogP contribution is -2.60. The van der Waals surface area contributed by atoms with Gasteiger partial charge in [0.1, 0.15) is 0 Å². The summed E-state index contributed by atoms with van der Waals surface area (Å²) in [6.07, 6.45) is 0. The van der Waals surface area contributed by atoms with Crippen molar-refractivity contribution in [1.29, 1.82) is 0 Å². The minimum absolute atomic E-state index is 0.0341. The van der Waals surface area contributed by atoms with E-state index in [9.17, 15) is 0 Å². The lowest BCUT2D eigenvalue weighted by Gasteiger charge is -2.45. The van der Waals surface area contributed by atoms with Crippen LogP contribution in [-0.2, 0) is 11.3 Å². The van der Waals surface area contributed by atoms with Crippen molar-refractivity contribution in [2.45, 2.75) is 19.0 Å². The molecule has 1 aliphatic heterocycles. The third-order valence-electron chi connectivity index (χ3n) is 4.28. The Bertz CT molecular complexity index is 390. The first kappa shape index (κ1) is 15.4. The van der Waals surface area contributed by atoms with E-state index < -0.39 is 0 Å². The Morgan fingerprint density at radius 2 is 1.80 bits per heavy atom. The van der Waals surface area contributed by atoms with Crippen molar-refractivity contribution in [2.24, 2.45) is 5.73 Å². The first-order valence-corrected chi connectivity index (χ1v) is 7.38. The summed E-state index contributed by atoms with van der Waals surface area (Å²) < 4.78 is 5.34. The number of ether oxygens (including phenoxy) is 1. The molecule has 4 nitrogen and oxygen atoms in total. The van der Waals surface area contributed by atoms with E-state index in [1.807, 2.05) is 0 Å². The van der Waals surface area contributed by atoms with Gasteiger partial charge in [-0.15, -0.1) is 0 Å². The van der Waals surface area contributed by atoms with Crippen molar-refractivity contribution < 1.29 is 4.74 Å². The Hall–Kier alpha value is -0.940. The molecule has 0 saturated carbocycles. The molecule has 112 valence electrons. The van der Waals surface area contributed by atoms with Crippen molar-refractivity contribution in [3.05, 3.63) is 35.9 Å². The van der Waals surface area contributed by atoms with Gasteiger partial charge in [-0.05, 0) is 12.5 Å². The van der Waals surface area contributed by atoms with Crippen LogP contribution in [0.15, 0.2) is 30.3 Å². The first-order chi connectivity index (χ1) is 9.68. The number of nitrogens with two attached hydrogens (primary N) is 1. The van der Waals surface area contributed by atoms with Crippen LogP contribution in [0, 0.1) is 0 Å². The van der Waals surface area contributed by atoms with E-state index in [1.165, 1.54) is 5.56 Å². The molecule has 1 aromatic rings. The smallest absolute Gasteiger partial charge is 0.0656 e. The lowest BCUT2D eigenvalue weighted by molar-refractivity contribution is -0.00464. The highest BCUT2D eigenvalue weighted by Crippen LogP contribution is 2.18. The van der Waals surface area contributed by atoms with Gasteiger partial charge in [0.15, 0.2) is 0 Å². The lowest BCUT2D eigenvalue weighted by atomic mass is 10.00. The molecule has 0 aromatic heterocycles. The summed E-state index contributed by atoms with van der Waals surface area (Å²) in [6.45, 7) is 8.87. The molecule has 1 saturated heterocycles. The minimum Gasteiger partial charge on any atom is -0.383 e. The van der Waals surface area contributed by atoms with E-state index in [2.05, 4.69) is 47.1 Å². The number of rotatable bonds is 6. The van der Waals surface area contributed by atoms with Gasteiger partial charge in [0.25, 0.3) is 0 Å². The summed E-state index contributed by atoms with van der Waals surface area (Å²) in [6, 6.07) is 10.7. The topological polar surface area (TPSA) is 41.7 Å². The maximum absolute atomic E-state index is 5.95. The largest absolute Gasteiger partial charge is 0.383 e. The zero-order valence-electron chi connectivity index (χ0n) is 12.7. The zero-order valence-corrected chi connectivity index (χ0v) is 12.7. The summed E-state index contributed by atoms with van der Waals surface area (Å²) in [5.41, 5.74) is 7.30. The molecule has 0 aliphatic carbocycles. The SMILES string of the molecule is COCC(C)(CN)N1CCN(Cc2ccccc2)CC1. The average Bonchev–Trinajstić information content (AvgIpc) is 2.49. The fraction of sp³-hybridized carbons (Fsp3) is 0.625. The van der Waals surface area contributed by atoms with E-state index in [0.29, 0.717) is 13.2 Å². The van der Waals surface area contributed by atoms with Crippen LogP contribution in [0.5, 0.6) is 0 Å². The van der Waals surface area contributed by atoms with Crippen LogP contribution in [0.3, 0.4) is 0 Å².